The Kier molecular flexibility index (Phi) is 3.36. The molecule has 0 saturated carbocycles. The molecule has 1 unspecified atom stereocenters. The molecule has 1 atom stereocenters. The van der Waals surface area contributed by atoms with Crippen molar-refractivity contribution in [2.24, 2.45) is 5.73 Å². The van der Waals surface area contributed by atoms with Crippen molar-refractivity contribution in [1.29, 1.82) is 0 Å². The van der Waals surface area contributed by atoms with E-state index in [0.717, 1.165) is 27.7 Å². The van der Waals surface area contributed by atoms with Crippen LogP contribution in [0.5, 0.6) is 0 Å². The summed E-state index contributed by atoms with van der Waals surface area (Å²) >= 11 is 3.38. The first-order valence-corrected chi connectivity index (χ1v) is 5.86. The van der Waals surface area contributed by atoms with Crippen molar-refractivity contribution in [3.05, 3.63) is 29.0 Å². The summed E-state index contributed by atoms with van der Waals surface area (Å²) in [5.74, 6) is 0. The van der Waals surface area contributed by atoms with Gasteiger partial charge in [-0.1, -0.05) is 0 Å². The number of aromatic nitrogens is 2. The lowest BCUT2D eigenvalue weighted by atomic mass is 10.2. The lowest BCUT2D eigenvalue weighted by molar-refractivity contribution is 0.780. The Morgan fingerprint density at radius 2 is 2.31 bits per heavy atom. The zero-order valence-electron chi connectivity index (χ0n) is 8.94. The number of nitrogens with zero attached hydrogens (tertiary/aromatic N) is 2. The Morgan fingerprint density at radius 1 is 1.50 bits per heavy atom. The molecule has 5 heteroatoms. The van der Waals surface area contributed by atoms with Crippen LogP contribution in [0, 0.1) is 0 Å². The van der Waals surface area contributed by atoms with E-state index >= 15 is 0 Å². The molecule has 2 aromatic heterocycles. The van der Waals surface area contributed by atoms with Gasteiger partial charge in [0.2, 0.25) is 0 Å². The lowest BCUT2D eigenvalue weighted by Crippen LogP contribution is -2.25. The lowest BCUT2D eigenvalue weighted by Gasteiger charge is -2.10. The third-order valence-electron chi connectivity index (χ3n) is 2.16. The molecule has 3 N–H and O–H groups in total. The first-order chi connectivity index (χ1) is 7.66. The number of nitrogens with two attached hydrogens (primary N) is 1. The molecule has 4 nitrogen and oxygen atoms in total. The van der Waals surface area contributed by atoms with Crippen LogP contribution in [0.15, 0.2) is 29.0 Å². The molecule has 16 heavy (non-hydrogen) atoms. The minimum atomic E-state index is 0.110. The predicted molar refractivity (Wildman–Crippen MR) is 69.4 cm³/mol. The highest BCUT2D eigenvalue weighted by molar-refractivity contribution is 9.10. The highest BCUT2D eigenvalue weighted by Gasteiger charge is 2.04. The second-order valence-corrected chi connectivity index (χ2v) is 4.65. The van der Waals surface area contributed by atoms with Gasteiger partial charge in [-0.15, -0.1) is 0 Å². The SMILES string of the molecule is CC(N)CNc1ccnc2cc(Br)cnc12. The highest BCUT2D eigenvalue weighted by Crippen LogP contribution is 2.21. The van der Waals surface area contributed by atoms with Crippen molar-refractivity contribution in [2.75, 3.05) is 11.9 Å². The molecule has 2 heterocycles. The van der Waals surface area contributed by atoms with Crippen LogP contribution >= 0.6 is 15.9 Å². The van der Waals surface area contributed by atoms with Gasteiger partial charge in [0.15, 0.2) is 0 Å². The monoisotopic (exact) mass is 280 g/mol. The largest absolute Gasteiger partial charge is 0.382 e. The zero-order valence-corrected chi connectivity index (χ0v) is 10.5. The number of nitrogens with one attached hydrogen (secondary N) is 1. The standard InChI is InChI=1S/C11H13BrN4/c1-7(13)5-15-9-2-3-14-10-4-8(12)6-16-11(9)10/h2-4,6-7H,5,13H2,1H3,(H,14,15). The third-order valence-corrected chi connectivity index (χ3v) is 2.59. The van der Waals surface area contributed by atoms with Gasteiger partial charge in [0.25, 0.3) is 0 Å². The smallest absolute Gasteiger partial charge is 0.112 e. The first-order valence-electron chi connectivity index (χ1n) is 5.06. The summed E-state index contributed by atoms with van der Waals surface area (Å²) in [6.45, 7) is 2.68. The quantitative estimate of drug-likeness (QED) is 0.904. The Balaban J connectivity index is 2.38. The van der Waals surface area contributed by atoms with E-state index in [0.29, 0.717) is 0 Å². The Hall–Kier alpha value is -1.20. The maximum atomic E-state index is 5.70. The minimum Gasteiger partial charge on any atom is -0.382 e. The summed E-state index contributed by atoms with van der Waals surface area (Å²) in [5, 5.41) is 3.26. The number of anilines is 1. The summed E-state index contributed by atoms with van der Waals surface area (Å²) in [6, 6.07) is 3.96. The summed E-state index contributed by atoms with van der Waals surface area (Å²) in [4.78, 5) is 8.61. The number of hydrogen-bond donors (Lipinski definition) is 2. The van der Waals surface area contributed by atoms with Gasteiger partial charge >= 0.3 is 0 Å². The maximum absolute atomic E-state index is 5.70. The second kappa shape index (κ2) is 4.76. The summed E-state index contributed by atoms with van der Waals surface area (Å²) in [7, 11) is 0. The van der Waals surface area contributed by atoms with E-state index in [-0.39, 0.29) is 6.04 Å². The van der Waals surface area contributed by atoms with Gasteiger partial charge in [-0.05, 0) is 35.0 Å². The van der Waals surface area contributed by atoms with Crippen LogP contribution in [0.1, 0.15) is 6.92 Å². The predicted octanol–water partition coefficient (Wildman–Crippen LogP) is 2.15. The molecule has 0 fully saturated rings. The van der Waals surface area contributed by atoms with Gasteiger partial charge in [0.1, 0.15) is 5.52 Å². The van der Waals surface area contributed by atoms with E-state index in [1.165, 1.54) is 0 Å². The van der Waals surface area contributed by atoms with E-state index < -0.39 is 0 Å². The molecule has 0 aliphatic heterocycles. The molecule has 0 amide bonds. The molecule has 0 bridgehead atoms. The normalized spacial score (nSPS) is 12.7. The van der Waals surface area contributed by atoms with Crippen molar-refractivity contribution >= 4 is 32.7 Å². The zero-order chi connectivity index (χ0) is 11.5. The van der Waals surface area contributed by atoms with E-state index in [4.69, 9.17) is 5.73 Å². The summed E-state index contributed by atoms with van der Waals surface area (Å²) in [6.07, 6.45) is 3.53. The number of pyridine rings is 2. The Bertz CT molecular complexity index is 498. The third kappa shape index (κ3) is 2.48. The number of hydrogen-bond acceptors (Lipinski definition) is 4. The van der Waals surface area contributed by atoms with E-state index in [1.54, 1.807) is 12.4 Å². The molecule has 2 rings (SSSR count). The summed E-state index contributed by atoms with van der Waals surface area (Å²) in [5.41, 5.74) is 8.40. The van der Waals surface area contributed by atoms with Crippen LogP contribution in [-0.4, -0.2) is 22.6 Å². The fourth-order valence-corrected chi connectivity index (χ4v) is 1.74. The molecular weight excluding hydrogens is 268 g/mol. The van der Waals surface area contributed by atoms with E-state index in [2.05, 4.69) is 31.2 Å². The van der Waals surface area contributed by atoms with Crippen LogP contribution in [0.4, 0.5) is 5.69 Å². The minimum absolute atomic E-state index is 0.110. The number of halogens is 1. The Labute approximate surface area is 102 Å². The molecule has 0 radical (unpaired) electrons. The number of fused-ring (bicyclic) bond motifs is 1. The van der Waals surface area contributed by atoms with Crippen molar-refractivity contribution < 1.29 is 0 Å². The van der Waals surface area contributed by atoms with Gasteiger partial charge in [0.05, 0.1) is 11.2 Å². The average Bonchev–Trinajstić information content (AvgIpc) is 2.25. The first kappa shape index (κ1) is 11.3. The van der Waals surface area contributed by atoms with Crippen LogP contribution in [0.25, 0.3) is 11.0 Å². The Morgan fingerprint density at radius 3 is 3.06 bits per heavy atom. The molecule has 84 valence electrons. The molecule has 0 aromatic carbocycles. The molecule has 0 spiro atoms. The van der Waals surface area contributed by atoms with Crippen molar-refractivity contribution in [2.45, 2.75) is 13.0 Å². The van der Waals surface area contributed by atoms with Crippen molar-refractivity contribution in [1.82, 2.24) is 9.97 Å². The highest BCUT2D eigenvalue weighted by atomic mass is 79.9. The number of rotatable bonds is 3. The molecule has 0 aliphatic carbocycles. The maximum Gasteiger partial charge on any atom is 0.112 e. The van der Waals surface area contributed by atoms with Crippen LogP contribution in [0.3, 0.4) is 0 Å². The van der Waals surface area contributed by atoms with Crippen LogP contribution in [0.2, 0.25) is 0 Å². The van der Waals surface area contributed by atoms with Gasteiger partial charge in [-0.2, -0.15) is 0 Å². The van der Waals surface area contributed by atoms with Crippen molar-refractivity contribution in [3.8, 4) is 0 Å². The topological polar surface area (TPSA) is 63.8 Å². The van der Waals surface area contributed by atoms with Gasteiger partial charge in [-0.3, -0.25) is 9.97 Å². The fraction of sp³-hybridized carbons (Fsp3) is 0.273. The summed E-state index contributed by atoms with van der Waals surface area (Å²) < 4.78 is 0.928. The molecule has 0 aliphatic rings. The van der Waals surface area contributed by atoms with Crippen LogP contribution < -0.4 is 11.1 Å². The second-order valence-electron chi connectivity index (χ2n) is 3.74. The van der Waals surface area contributed by atoms with Gasteiger partial charge < -0.3 is 11.1 Å². The molecule has 2 aromatic rings. The van der Waals surface area contributed by atoms with E-state index in [1.807, 2.05) is 19.1 Å². The molecule has 0 saturated heterocycles. The fourth-order valence-electron chi connectivity index (χ4n) is 1.42. The molecular formula is C11H13BrN4. The van der Waals surface area contributed by atoms with Gasteiger partial charge in [-0.25, -0.2) is 0 Å². The van der Waals surface area contributed by atoms with Crippen molar-refractivity contribution in [3.63, 3.8) is 0 Å². The van der Waals surface area contributed by atoms with Crippen LogP contribution in [-0.2, 0) is 0 Å². The van der Waals surface area contributed by atoms with E-state index in [9.17, 15) is 0 Å². The van der Waals surface area contributed by atoms with Gasteiger partial charge in [0, 0.05) is 29.5 Å². The average molecular weight is 281 g/mol.